The first-order valence-electron chi connectivity index (χ1n) is 9.38. The van der Waals surface area contributed by atoms with Crippen molar-refractivity contribution < 1.29 is 9.59 Å². The molecule has 7 nitrogen and oxygen atoms in total. The number of carbonyl (C=O) groups excluding carboxylic acids is 2. The molecule has 0 radical (unpaired) electrons. The van der Waals surface area contributed by atoms with Crippen molar-refractivity contribution in [3.63, 3.8) is 0 Å². The first-order chi connectivity index (χ1) is 13.1. The molecule has 2 aliphatic heterocycles. The molecule has 2 aromatic rings. The molecule has 4 saturated carbocycles. The van der Waals surface area contributed by atoms with E-state index in [0.717, 1.165) is 0 Å². The predicted molar refractivity (Wildman–Crippen MR) is 90.3 cm³/mol. The summed E-state index contributed by atoms with van der Waals surface area (Å²) in [5.74, 6) is 0.796. The van der Waals surface area contributed by atoms with Crippen LogP contribution in [0.5, 0.6) is 0 Å². The topological polar surface area (TPSA) is 83.1 Å². The number of hydrogen-bond acceptors (Lipinski definition) is 4. The molecular weight excluding hydrogens is 346 g/mol. The van der Waals surface area contributed by atoms with Gasteiger partial charge in [-0.15, -0.1) is 0 Å². The molecule has 8 atom stereocenters. The summed E-state index contributed by atoms with van der Waals surface area (Å²) >= 11 is 0. The van der Waals surface area contributed by atoms with Crippen LogP contribution in [0.15, 0.2) is 52.1 Å². The molecule has 7 heteroatoms. The lowest BCUT2D eigenvalue weighted by Gasteiger charge is -2.47. The molecule has 4 fully saturated rings. The van der Waals surface area contributed by atoms with Crippen molar-refractivity contribution in [2.75, 3.05) is 0 Å². The van der Waals surface area contributed by atoms with Crippen molar-refractivity contribution in [3.8, 4) is 5.69 Å². The van der Waals surface area contributed by atoms with E-state index >= 15 is 0 Å². The van der Waals surface area contributed by atoms with E-state index in [1.54, 1.807) is 24.3 Å². The van der Waals surface area contributed by atoms with Gasteiger partial charge in [0.1, 0.15) is 0 Å². The summed E-state index contributed by atoms with van der Waals surface area (Å²) in [7, 11) is 0. The fraction of sp³-hybridized carbons (Fsp3) is 0.400. The zero-order chi connectivity index (χ0) is 18.0. The van der Waals surface area contributed by atoms with Crippen LogP contribution in [0, 0.1) is 34.5 Å². The number of nitrogens with zero attached hydrogens (tertiary/aromatic N) is 3. The number of carbonyl (C=O) groups is 2. The average Bonchev–Trinajstić information content (AvgIpc) is 3.45. The standard InChI is InChI=1S/C20H13N3O4/c24-9-6-7-10(25)20-14-11-12-13(11)16(20)23-18(27)21(8-4-2-1-3-5-8)17(26)22(23)15(12)19(9,14)20/h1-7,11-16H/t11?,12-,13+,14?,15-,16-,19+,20-/m1/s1. The Kier molecular flexibility index (Phi) is 1.63. The van der Waals surface area contributed by atoms with Crippen molar-refractivity contribution in [3.05, 3.63) is 63.5 Å². The van der Waals surface area contributed by atoms with Gasteiger partial charge in [-0.1, -0.05) is 18.2 Å². The van der Waals surface area contributed by atoms with Crippen LogP contribution in [-0.4, -0.2) is 25.5 Å². The second kappa shape index (κ2) is 3.32. The van der Waals surface area contributed by atoms with E-state index < -0.39 is 22.2 Å². The predicted octanol–water partition coefficient (Wildman–Crippen LogP) is 0.0965. The minimum atomic E-state index is -0.771. The van der Waals surface area contributed by atoms with Gasteiger partial charge >= 0.3 is 11.4 Å². The van der Waals surface area contributed by atoms with Crippen molar-refractivity contribution in [2.45, 2.75) is 12.1 Å². The lowest BCUT2D eigenvalue weighted by atomic mass is 9.65. The van der Waals surface area contributed by atoms with Gasteiger partial charge in [-0.2, -0.15) is 0 Å². The second-order valence-electron chi connectivity index (χ2n) is 8.82. The molecule has 2 bridgehead atoms. The van der Waals surface area contributed by atoms with Gasteiger partial charge in [0, 0.05) is 0 Å². The molecule has 27 heavy (non-hydrogen) atoms. The highest BCUT2D eigenvalue weighted by Crippen LogP contribution is 3.03. The van der Waals surface area contributed by atoms with E-state index in [2.05, 4.69) is 0 Å². The summed E-state index contributed by atoms with van der Waals surface area (Å²) < 4.78 is 4.26. The highest BCUT2D eigenvalue weighted by Gasteiger charge is 3.07. The fourth-order valence-electron chi connectivity index (χ4n) is 8.21. The largest absolute Gasteiger partial charge is 0.352 e. The van der Waals surface area contributed by atoms with Crippen LogP contribution in [0.1, 0.15) is 12.1 Å². The SMILES string of the molecule is O=C1C=CC(=O)[C@@]23C4C5[C@@H]6[C@H]5[C@H]2n2c(=O)n(-c5ccccc5)c(=O)n2[C@H]6[C@]143. The lowest BCUT2D eigenvalue weighted by molar-refractivity contribution is -0.140. The summed E-state index contributed by atoms with van der Waals surface area (Å²) in [6.45, 7) is 0. The van der Waals surface area contributed by atoms with Crippen LogP contribution in [0.2, 0.25) is 0 Å². The van der Waals surface area contributed by atoms with Gasteiger partial charge < -0.3 is 0 Å². The summed E-state index contributed by atoms with van der Waals surface area (Å²) in [4.78, 5) is 52.6. The fourth-order valence-corrected chi connectivity index (χ4v) is 8.21. The monoisotopic (exact) mass is 359 g/mol. The van der Waals surface area contributed by atoms with E-state index in [0.29, 0.717) is 11.6 Å². The summed E-state index contributed by atoms with van der Waals surface area (Å²) in [5.41, 5.74) is -1.81. The third-order valence-electron chi connectivity index (χ3n) is 8.57. The molecule has 1 aromatic carbocycles. The number of hydrogen-bond donors (Lipinski definition) is 0. The quantitative estimate of drug-likeness (QED) is 0.723. The number of ketones is 2. The summed E-state index contributed by atoms with van der Waals surface area (Å²) in [5, 5.41) is 0. The van der Waals surface area contributed by atoms with Crippen molar-refractivity contribution in [2.24, 2.45) is 34.5 Å². The van der Waals surface area contributed by atoms with Gasteiger partial charge in [0.2, 0.25) is 0 Å². The molecule has 0 amide bonds. The van der Waals surface area contributed by atoms with Crippen LogP contribution >= 0.6 is 0 Å². The first-order valence-corrected chi connectivity index (χ1v) is 9.38. The number of allylic oxidation sites excluding steroid dienone is 2. The Hall–Kier alpha value is -2.96. The van der Waals surface area contributed by atoms with E-state index in [-0.39, 0.29) is 41.4 Å². The van der Waals surface area contributed by atoms with Crippen molar-refractivity contribution in [1.29, 1.82) is 0 Å². The normalized spacial score (nSPS) is 47.9. The lowest BCUT2D eigenvalue weighted by Crippen LogP contribution is -2.57. The van der Waals surface area contributed by atoms with Crippen LogP contribution in [-0.2, 0) is 9.59 Å². The smallest absolute Gasteiger partial charge is 0.294 e. The Morgan fingerprint density at radius 1 is 0.704 bits per heavy atom. The minimum absolute atomic E-state index is 0.0152. The zero-order valence-electron chi connectivity index (χ0n) is 14.0. The Morgan fingerprint density at radius 2 is 1.22 bits per heavy atom. The molecule has 7 aliphatic rings. The number of benzene rings is 1. The molecule has 2 unspecified atom stereocenters. The molecule has 0 N–H and O–H groups in total. The highest BCUT2D eigenvalue weighted by molar-refractivity contribution is 6.18. The third-order valence-corrected chi connectivity index (χ3v) is 8.57. The van der Waals surface area contributed by atoms with Crippen molar-refractivity contribution >= 4 is 11.6 Å². The molecule has 132 valence electrons. The zero-order valence-corrected chi connectivity index (χ0v) is 14.0. The maximum absolute atomic E-state index is 13.3. The van der Waals surface area contributed by atoms with Gasteiger partial charge in [0.25, 0.3) is 0 Å². The first kappa shape index (κ1) is 13.2. The maximum Gasteiger partial charge on any atom is 0.352 e. The molecule has 0 saturated heterocycles. The number of aromatic nitrogens is 3. The number of para-hydroxylation sites is 1. The van der Waals surface area contributed by atoms with E-state index in [1.807, 2.05) is 6.07 Å². The van der Waals surface area contributed by atoms with Gasteiger partial charge in [-0.3, -0.25) is 9.59 Å². The van der Waals surface area contributed by atoms with E-state index in [9.17, 15) is 19.2 Å². The van der Waals surface area contributed by atoms with Crippen LogP contribution in [0.4, 0.5) is 0 Å². The van der Waals surface area contributed by atoms with Gasteiger partial charge in [-0.05, 0) is 48.0 Å². The third kappa shape index (κ3) is 0.890. The summed E-state index contributed by atoms with van der Waals surface area (Å²) in [6.07, 6.45) is 2.81. The van der Waals surface area contributed by atoms with Crippen molar-refractivity contribution in [1.82, 2.24) is 13.9 Å². The van der Waals surface area contributed by atoms with E-state index in [4.69, 9.17) is 0 Å². The van der Waals surface area contributed by atoms with Gasteiger partial charge in [0.05, 0.1) is 28.6 Å². The minimum Gasteiger partial charge on any atom is -0.294 e. The Morgan fingerprint density at radius 3 is 1.74 bits per heavy atom. The Bertz CT molecular complexity index is 1240. The Labute approximate surface area is 151 Å². The van der Waals surface area contributed by atoms with Crippen LogP contribution in [0.25, 0.3) is 5.69 Å². The molecular formula is C20H13N3O4. The molecule has 3 heterocycles. The second-order valence-corrected chi connectivity index (χ2v) is 8.82. The number of rotatable bonds is 1. The van der Waals surface area contributed by atoms with Crippen LogP contribution in [0.3, 0.4) is 0 Å². The van der Waals surface area contributed by atoms with Gasteiger partial charge in [0.15, 0.2) is 11.6 Å². The van der Waals surface area contributed by atoms with Crippen LogP contribution < -0.4 is 11.4 Å². The molecule has 2 spiro atoms. The molecule has 5 aliphatic carbocycles. The Balaban J connectivity index is 1.50. The average molecular weight is 359 g/mol. The van der Waals surface area contributed by atoms with E-state index in [1.165, 1.54) is 26.1 Å². The summed E-state index contributed by atoms with van der Waals surface area (Å²) in [6, 6.07) is 8.14. The molecule has 1 aromatic heterocycles. The maximum atomic E-state index is 13.3. The highest BCUT2D eigenvalue weighted by atomic mass is 16.2. The van der Waals surface area contributed by atoms with Gasteiger partial charge in [-0.25, -0.2) is 23.5 Å². The molecule has 9 rings (SSSR count).